The second-order valence-corrected chi connectivity index (χ2v) is 6.82. The minimum atomic E-state index is 0.499. The molecule has 1 aromatic rings. The number of anilines is 1. The molecule has 0 amide bonds. The number of nitrogens with one attached hydrogen (secondary N) is 1. The van der Waals surface area contributed by atoms with Gasteiger partial charge in [0.25, 0.3) is 0 Å². The number of nitrogens with zero attached hydrogens (tertiary/aromatic N) is 2. The van der Waals surface area contributed by atoms with Crippen LogP contribution in [0.3, 0.4) is 0 Å². The van der Waals surface area contributed by atoms with Gasteiger partial charge in [0.1, 0.15) is 11.6 Å². The van der Waals surface area contributed by atoms with E-state index in [1.54, 1.807) is 0 Å². The van der Waals surface area contributed by atoms with E-state index in [-0.39, 0.29) is 0 Å². The van der Waals surface area contributed by atoms with E-state index in [4.69, 9.17) is 9.97 Å². The number of aromatic nitrogens is 2. The highest BCUT2D eigenvalue weighted by atomic mass is 15.0. The quantitative estimate of drug-likeness (QED) is 0.881. The maximum Gasteiger partial charge on any atom is 0.134 e. The van der Waals surface area contributed by atoms with Crippen molar-refractivity contribution in [3.8, 4) is 0 Å². The fourth-order valence-corrected chi connectivity index (χ4v) is 3.11. The van der Waals surface area contributed by atoms with Gasteiger partial charge in [-0.25, -0.2) is 9.97 Å². The van der Waals surface area contributed by atoms with Crippen LogP contribution in [0, 0.1) is 12.3 Å². The van der Waals surface area contributed by atoms with Gasteiger partial charge in [-0.15, -0.1) is 0 Å². The Morgan fingerprint density at radius 3 is 2.35 bits per heavy atom. The number of rotatable bonds is 4. The lowest BCUT2D eigenvalue weighted by atomic mass is 9.73. The molecule has 0 bridgehead atoms. The summed E-state index contributed by atoms with van der Waals surface area (Å²) in [5.74, 6) is 2.66. The highest BCUT2D eigenvalue weighted by molar-refractivity contribution is 5.46. The molecule has 3 nitrogen and oxygen atoms in total. The monoisotopic (exact) mass is 275 g/mol. The van der Waals surface area contributed by atoms with Gasteiger partial charge in [0.05, 0.1) is 0 Å². The molecule has 1 aliphatic rings. The van der Waals surface area contributed by atoms with Crippen molar-refractivity contribution in [3.05, 3.63) is 17.1 Å². The molecule has 2 rings (SSSR count). The summed E-state index contributed by atoms with van der Waals surface area (Å²) in [5, 5.41) is 3.40. The molecule has 1 fully saturated rings. The van der Waals surface area contributed by atoms with Gasteiger partial charge < -0.3 is 5.32 Å². The molecule has 0 saturated heterocycles. The van der Waals surface area contributed by atoms with Gasteiger partial charge in [0.2, 0.25) is 0 Å². The van der Waals surface area contributed by atoms with Gasteiger partial charge in [-0.3, -0.25) is 0 Å². The van der Waals surface area contributed by atoms with Crippen LogP contribution in [0.25, 0.3) is 0 Å². The number of hydrogen-bond donors (Lipinski definition) is 1. The zero-order valence-corrected chi connectivity index (χ0v) is 13.7. The zero-order chi connectivity index (χ0) is 14.8. The summed E-state index contributed by atoms with van der Waals surface area (Å²) in [4.78, 5) is 9.67. The molecular formula is C17H29N3. The van der Waals surface area contributed by atoms with Crippen molar-refractivity contribution in [2.45, 2.75) is 72.6 Å². The molecule has 1 aromatic heterocycles. The molecule has 1 saturated carbocycles. The lowest BCUT2D eigenvalue weighted by molar-refractivity contribution is 0.220. The van der Waals surface area contributed by atoms with Crippen LogP contribution in [0.2, 0.25) is 0 Å². The molecule has 0 aliphatic heterocycles. The molecule has 3 heteroatoms. The van der Waals surface area contributed by atoms with Crippen molar-refractivity contribution in [3.63, 3.8) is 0 Å². The standard InChI is InChI=1S/C17H29N3/c1-6-14-12(3)15(18-7-2)20-16(19-14)13-8-10-17(4,5)11-9-13/h13H,6-11H2,1-5H3,(H,18,19,20). The first-order valence-electron chi connectivity index (χ1n) is 8.08. The first-order chi connectivity index (χ1) is 9.46. The molecule has 1 aliphatic carbocycles. The Labute approximate surface area is 123 Å². The summed E-state index contributed by atoms with van der Waals surface area (Å²) in [5.41, 5.74) is 2.92. The predicted octanol–water partition coefficient (Wildman–Crippen LogP) is 4.46. The Morgan fingerprint density at radius 1 is 1.15 bits per heavy atom. The van der Waals surface area contributed by atoms with Crippen LogP contribution in [0.1, 0.15) is 76.4 Å². The highest BCUT2D eigenvalue weighted by Crippen LogP contribution is 2.41. The summed E-state index contributed by atoms with van der Waals surface area (Å²) in [6.45, 7) is 12.1. The van der Waals surface area contributed by atoms with E-state index in [0.29, 0.717) is 11.3 Å². The fraction of sp³-hybridized carbons (Fsp3) is 0.765. The molecule has 1 heterocycles. The highest BCUT2D eigenvalue weighted by Gasteiger charge is 2.29. The largest absolute Gasteiger partial charge is 0.370 e. The Morgan fingerprint density at radius 2 is 1.80 bits per heavy atom. The van der Waals surface area contributed by atoms with Crippen molar-refractivity contribution in [2.75, 3.05) is 11.9 Å². The average molecular weight is 275 g/mol. The predicted molar refractivity (Wildman–Crippen MR) is 85.3 cm³/mol. The SMILES string of the molecule is CCNc1nc(C2CCC(C)(C)CC2)nc(CC)c1C. The Balaban J connectivity index is 2.25. The third-order valence-electron chi connectivity index (χ3n) is 4.65. The topological polar surface area (TPSA) is 37.8 Å². The first-order valence-corrected chi connectivity index (χ1v) is 8.08. The third-order valence-corrected chi connectivity index (χ3v) is 4.65. The van der Waals surface area contributed by atoms with Gasteiger partial charge in [-0.05, 0) is 51.4 Å². The van der Waals surface area contributed by atoms with E-state index >= 15 is 0 Å². The van der Waals surface area contributed by atoms with Crippen LogP contribution in [0.15, 0.2) is 0 Å². The minimum Gasteiger partial charge on any atom is -0.370 e. The molecule has 0 unspecified atom stereocenters. The van der Waals surface area contributed by atoms with Crippen molar-refractivity contribution < 1.29 is 0 Å². The summed E-state index contributed by atoms with van der Waals surface area (Å²) >= 11 is 0. The summed E-state index contributed by atoms with van der Waals surface area (Å²) in [7, 11) is 0. The summed E-state index contributed by atoms with van der Waals surface area (Å²) < 4.78 is 0. The summed E-state index contributed by atoms with van der Waals surface area (Å²) in [6.07, 6.45) is 6.01. The lowest BCUT2D eigenvalue weighted by Gasteiger charge is -2.33. The molecule has 1 N–H and O–H groups in total. The third kappa shape index (κ3) is 3.31. The molecule has 0 atom stereocenters. The van der Waals surface area contributed by atoms with Crippen LogP contribution >= 0.6 is 0 Å². The van der Waals surface area contributed by atoms with Crippen molar-refractivity contribution in [1.29, 1.82) is 0 Å². The van der Waals surface area contributed by atoms with Gasteiger partial charge >= 0.3 is 0 Å². The molecule has 0 radical (unpaired) electrons. The number of aryl methyl sites for hydroxylation is 1. The van der Waals surface area contributed by atoms with Crippen LogP contribution in [0.5, 0.6) is 0 Å². The molecule has 20 heavy (non-hydrogen) atoms. The lowest BCUT2D eigenvalue weighted by Crippen LogP contribution is -2.22. The maximum absolute atomic E-state index is 4.85. The second-order valence-electron chi connectivity index (χ2n) is 6.82. The van der Waals surface area contributed by atoms with Gasteiger partial charge in [0.15, 0.2) is 0 Å². The van der Waals surface area contributed by atoms with Crippen molar-refractivity contribution in [1.82, 2.24) is 9.97 Å². The van der Waals surface area contributed by atoms with Crippen LogP contribution in [0.4, 0.5) is 5.82 Å². The van der Waals surface area contributed by atoms with E-state index in [0.717, 1.165) is 24.6 Å². The Bertz CT molecular complexity index is 456. The minimum absolute atomic E-state index is 0.499. The van der Waals surface area contributed by atoms with Crippen LogP contribution in [-0.4, -0.2) is 16.5 Å². The van der Waals surface area contributed by atoms with Crippen LogP contribution < -0.4 is 5.32 Å². The van der Waals surface area contributed by atoms with Gasteiger partial charge in [-0.1, -0.05) is 20.8 Å². The zero-order valence-electron chi connectivity index (χ0n) is 13.7. The van der Waals surface area contributed by atoms with E-state index in [9.17, 15) is 0 Å². The average Bonchev–Trinajstić information content (AvgIpc) is 2.41. The van der Waals surface area contributed by atoms with E-state index in [1.807, 2.05) is 0 Å². The van der Waals surface area contributed by atoms with Crippen LogP contribution in [-0.2, 0) is 6.42 Å². The Kier molecular flexibility index (Phi) is 4.66. The normalized spacial score (nSPS) is 19.1. The first kappa shape index (κ1) is 15.3. The maximum atomic E-state index is 4.85. The van der Waals surface area contributed by atoms with Crippen molar-refractivity contribution >= 4 is 5.82 Å². The second kappa shape index (κ2) is 6.11. The van der Waals surface area contributed by atoms with Crippen molar-refractivity contribution in [2.24, 2.45) is 5.41 Å². The Hall–Kier alpha value is -1.12. The fourth-order valence-electron chi connectivity index (χ4n) is 3.11. The molecule has 0 aromatic carbocycles. The van der Waals surface area contributed by atoms with E-state index in [2.05, 4.69) is 39.9 Å². The smallest absolute Gasteiger partial charge is 0.134 e. The molecule has 112 valence electrons. The molecule has 0 spiro atoms. The summed E-state index contributed by atoms with van der Waals surface area (Å²) in [6, 6.07) is 0. The number of hydrogen-bond acceptors (Lipinski definition) is 3. The van der Waals surface area contributed by atoms with Gasteiger partial charge in [-0.2, -0.15) is 0 Å². The molecular weight excluding hydrogens is 246 g/mol. The van der Waals surface area contributed by atoms with Gasteiger partial charge in [0, 0.05) is 23.7 Å². The van der Waals surface area contributed by atoms with E-state index in [1.165, 1.54) is 36.9 Å². The van der Waals surface area contributed by atoms with E-state index < -0.39 is 0 Å².